The van der Waals surface area contributed by atoms with Crippen molar-refractivity contribution >= 4 is 23.2 Å². The molecule has 4 rings (SSSR count). The zero-order chi connectivity index (χ0) is 22.8. The number of carbonyl (C=O) groups is 1. The van der Waals surface area contributed by atoms with E-state index in [1.165, 1.54) is 12.1 Å². The number of para-hydroxylation sites is 1. The van der Waals surface area contributed by atoms with Crippen LogP contribution in [0.1, 0.15) is 36.7 Å². The summed E-state index contributed by atoms with van der Waals surface area (Å²) < 4.78 is 13.4. The lowest BCUT2D eigenvalue weighted by Gasteiger charge is -2.38. The van der Waals surface area contributed by atoms with Crippen molar-refractivity contribution in [2.75, 3.05) is 18.0 Å². The van der Waals surface area contributed by atoms with E-state index in [0.717, 1.165) is 55.1 Å². The summed E-state index contributed by atoms with van der Waals surface area (Å²) >= 11 is 6.21. The highest BCUT2D eigenvalue weighted by atomic mass is 35.5. The Hall–Kier alpha value is -2.70. The van der Waals surface area contributed by atoms with Crippen LogP contribution in [0, 0.1) is 19.7 Å². The van der Waals surface area contributed by atoms with Gasteiger partial charge in [-0.2, -0.15) is 0 Å². The molecule has 0 unspecified atom stereocenters. The van der Waals surface area contributed by atoms with Crippen LogP contribution in [0.15, 0.2) is 42.5 Å². The number of rotatable bonds is 5. The Morgan fingerprint density at radius 2 is 1.94 bits per heavy atom. The second kappa shape index (κ2) is 9.43. The van der Waals surface area contributed by atoms with Crippen molar-refractivity contribution in [2.45, 2.75) is 46.2 Å². The van der Waals surface area contributed by atoms with Gasteiger partial charge in [-0.1, -0.05) is 29.8 Å². The molecule has 0 spiro atoms. The molecule has 1 fully saturated rings. The van der Waals surface area contributed by atoms with Crippen LogP contribution in [0.4, 0.5) is 10.1 Å². The number of aromatic nitrogens is 2. The van der Waals surface area contributed by atoms with Crippen LogP contribution >= 0.6 is 11.6 Å². The zero-order valence-corrected chi connectivity index (χ0v) is 19.4. The summed E-state index contributed by atoms with van der Waals surface area (Å²) in [6.07, 6.45) is 1.82. The molecule has 2 heterocycles. The maximum Gasteiger partial charge on any atom is 0.224 e. The number of H-pyrrole nitrogens is 1. The highest BCUT2D eigenvalue weighted by Gasteiger charge is 2.28. The summed E-state index contributed by atoms with van der Waals surface area (Å²) in [6, 6.07) is 12.6. The summed E-state index contributed by atoms with van der Waals surface area (Å²) in [7, 11) is 0. The second-order valence-corrected chi connectivity index (χ2v) is 8.87. The highest BCUT2D eigenvalue weighted by Crippen LogP contribution is 2.29. The predicted octanol–water partition coefficient (Wildman–Crippen LogP) is 5.50. The van der Waals surface area contributed by atoms with Gasteiger partial charge in [0.05, 0.1) is 10.7 Å². The van der Waals surface area contributed by atoms with Crippen LogP contribution in [0.25, 0.3) is 11.4 Å². The van der Waals surface area contributed by atoms with Gasteiger partial charge in [0, 0.05) is 49.5 Å². The van der Waals surface area contributed by atoms with E-state index in [4.69, 9.17) is 16.6 Å². The van der Waals surface area contributed by atoms with E-state index in [2.05, 4.69) is 9.88 Å². The standard InChI is InChI=1S/C25H28ClFN4O/c1-16-6-4-5-7-24(16)31(18(3)32)20-10-12-30(13-11-20)15-23-17(2)28-25(29-23)21-9-8-19(27)14-22(21)26/h4-9,14,20H,10-13,15H2,1-3H3,(H,28,29). The van der Waals surface area contributed by atoms with Crippen LogP contribution < -0.4 is 4.90 Å². The molecule has 1 aliphatic heterocycles. The van der Waals surface area contributed by atoms with Crippen molar-refractivity contribution in [1.29, 1.82) is 0 Å². The first-order valence-corrected chi connectivity index (χ1v) is 11.3. The highest BCUT2D eigenvalue weighted by molar-refractivity contribution is 6.33. The molecule has 2 aromatic carbocycles. The van der Waals surface area contributed by atoms with Crippen LogP contribution in [0.3, 0.4) is 0 Å². The van der Waals surface area contributed by atoms with Crippen LogP contribution in [0.5, 0.6) is 0 Å². The van der Waals surface area contributed by atoms with E-state index in [-0.39, 0.29) is 17.8 Å². The lowest BCUT2D eigenvalue weighted by molar-refractivity contribution is -0.117. The van der Waals surface area contributed by atoms with E-state index in [0.29, 0.717) is 16.4 Å². The number of carbonyl (C=O) groups excluding carboxylic acids is 1. The Labute approximate surface area is 193 Å². The molecule has 1 aromatic heterocycles. The molecule has 0 bridgehead atoms. The van der Waals surface area contributed by atoms with Gasteiger partial charge in [-0.25, -0.2) is 9.37 Å². The third kappa shape index (κ3) is 4.71. The van der Waals surface area contributed by atoms with Gasteiger partial charge < -0.3 is 9.88 Å². The summed E-state index contributed by atoms with van der Waals surface area (Å²) in [5.41, 5.74) is 4.75. The zero-order valence-electron chi connectivity index (χ0n) is 18.7. The van der Waals surface area contributed by atoms with Crippen molar-refractivity contribution in [3.05, 3.63) is 70.3 Å². The topological polar surface area (TPSA) is 52.2 Å². The minimum absolute atomic E-state index is 0.0849. The number of aromatic amines is 1. The number of nitrogens with zero attached hydrogens (tertiary/aromatic N) is 3. The third-order valence-electron chi connectivity index (χ3n) is 6.18. The maximum atomic E-state index is 13.4. The molecule has 0 radical (unpaired) electrons. The molecule has 0 atom stereocenters. The fourth-order valence-corrected chi connectivity index (χ4v) is 4.72. The van der Waals surface area contributed by atoms with E-state index in [9.17, 15) is 9.18 Å². The molecule has 32 heavy (non-hydrogen) atoms. The first-order valence-electron chi connectivity index (χ1n) is 10.9. The molecule has 5 nitrogen and oxygen atoms in total. The number of anilines is 1. The number of aryl methyl sites for hydroxylation is 2. The van der Waals surface area contributed by atoms with Crippen LogP contribution in [-0.2, 0) is 11.3 Å². The van der Waals surface area contributed by atoms with Gasteiger partial charge in [-0.3, -0.25) is 9.69 Å². The number of amides is 1. The fraction of sp³-hybridized carbons (Fsp3) is 0.360. The Kier molecular flexibility index (Phi) is 6.63. The molecule has 168 valence electrons. The monoisotopic (exact) mass is 454 g/mol. The lowest BCUT2D eigenvalue weighted by atomic mass is 10.0. The number of halogens is 2. The summed E-state index contributed by atoms with van der Waals surface area (Å²) in [4.78, 5) is 24.8. The van der Waals surface area contributed by atoms with Crippen molar-refractivity contribution in [3.8, 4) is 11.4 Å². The minimum atomic E-state index is -0.365. The molecule has 3 aromatic rings. The minimum Gasteiger partial charge on any atom is -0.342 e. The van der Waals surface area contributed by atoms with Crippen LogP contribution in [-0.4, -0.2) is 39.9 Å². The number of likely N-dealkylation sites (tertiary alicyclic amines) is 1. The van der Waals surface area contributed by atoms with Crippen molar-refractivity contribution < 1.29 is 9.18 Å². The number of hydrogen-bond acceptors (Lipinski definition) is 3. The molecule has 1 saturated heterocycles. The van der Waals surface area contributed by atoms with Gasteiger partial charge in [0.25, 0.3) is 0 Å². The Morgan fingerprint density at radius 3 is 2.59 bits per heavy atom. The maximum absolute atomic E-state index is 13.4. The van der Waals surface area contributed by atoms with E-state index in [1.807, 2.05) is 43.0 Å². The Morgan fingerprint density at radius 1 is 1.22 bits per heavy atom. The summed E-state index contributed by atoms with van der Waals surface area (Å²) in [5.74, 6) is 0.372. The first kappa shape index (κ1) is 22.5. The molecule has 1 N–H and O–H groups in total. The Bertz CT molecular complexity index is 1120. The first-order chi connectivity index (χ1) is 15.3. The van der Waals surface area contributed by atoms with Gasteiger partial charge in [-0.15, -0.1) is 0 Å². The smallest absolute Gasteiger partial charge is 0.224 e. The number of piperidine rings is 1. The molecular weight excluding hydrogens is 427 g/mol. The number of imidazole rings is 1. The van der Waals surface area contributed by atoms with Crippen molar-refractivity contribution in [2.24, 2.45) is 0 Å². The normalized spacial score (nSPS) is 15.2. The van der Waals surface area contributed by atoms with Gasteiger partial charge in [0.15, 0.2) is 0 Å². The third-order valence-corrected chi connectivity index (χ3v) is 6.49. The van der Waals surface area contributed by atoms with E-state index < -0.39 is 0 Å². The quantitative estimate of drug-likeness (QED) is 0.553. The molecule has 7 heteroatoms. The molecule has 0 aliphatic carbocycles. The lowest BCUT2D eigenvalue weighted by Crippen LogP contribution is -2.47. The molecule has 0 saturated carbocycles. The predicted molar refractivity (Wildman–Crippen MR) is 126 cm³/mol. The van der Waals surface area contributed by atoms with Gasteiger partial charge >= 0.3 is 0 Å². The Balaban J connectivity index is 1.44. The molecular formula is C25H28ClFN4O. The SMILES string of the molecule is CC(=O)N(c1ccccc1C)C1CCN(Cc2nc(-c3ccc(F)cc3Cl)[nH]c2C)CC1. The second-order valence-electron chi connectivity index (χ2n) is 8.46. The average molecular weight is 455 g/mol. The van der Waals surface area contributed by atoms with E-state index in [1.54, 1.807) is 13.0 Å². The average Bonchev–Trinajstić information content (AvgIpc) is 3.10. The van der Waals surface area contributed by atoms with Gasteiger partial charge in [0.2, 0.25) is 5.91 Å². The van der Waals surface area contributed by atoms with Gasteiger partial charge in [-0.05, 0) is 56.5 Å². The summed E-state index contributed by atoms with van der Waals surface area (Å²) in [5, 5.41) is 0.339. The molecule has 1 aliphatic rings. The largest absolute Gasteiger partial charge is 0.342 e. The molecule has 1 amide bonds. The van der Waals surface area contributed by atoms with E-state index >= 15 is 0 Å². The number of benzene rings is 2. The van der Waals surface area contributed by atoms with Crippen molar-refractivity contribution in [1.82, 2.24) is 14.9 Å². The van der Waals surface area contributed by atoms with Crippen LogP contribution in [0.2, 0.25) is 5.02 Å². The van der Waals surface area contributed by atoms with Crippen molar-refractivity contribution in [3.63, 3.8) is 0 Å². The number of nitrogens with one attached hydrogen (secondary N) is 1. The van der Waals surface area contributed by atoms with Gasteiger partial charge in [0.1, 0.15) is 11.6 Å². The fourth-order valence-electron chi connectivity index (χ4n) is 4.46. The number of hydrogen-bond donors (Lipinski definition) is 1. The summed E-state index contributed by atoms with van der Waals surface area (Å²) in [6.45, 7) is 8.18.